The molecule has 0 radical (unpaired) electrons. The number of hydrogen-bond donors (Lipinski definition) is 2. The number of anilines is 1. The molecule has 4 amide bonds. The highest BCUT2D eigenvalue weighted by atomic mass is 16.2. The number of urea groups is 1. The predicted molar refractivity (Wildman–Crippen MR) is 82.6 cm³/mol. The zero-order valence-corrected chi connectivity index (χ0v) is 13.1. The number of carbonyl (C=O) groups is 3. The van der Waals surface area contributed by atoms with Crippen LogP contribution in [0.25, 0.3) is 0 Å². The Hall–Kier alpha value is -2.38. The lowest BCUT2D eigenvalue weighted by molar-refractivity contribution is -0.138. The van der Waals surface area contributed by atoms with E-state index in [0.29, 0.717) is 17.6 Å². The molecule has 1 aromatic rings. The fourth-order valence-corrected chi connectivity index (χ4v) is 2.75. The molecular formula is C15H21N5O3. The molecule has 2 aliphatic rings. The normalized spacial score (nSPS) is 19.1. The highest BCUT2D eigenvalue weighted by Crippen LogP contribution is 2.39. The van der Waals surface area contributed by atoms with Crippen molar-refractivity contribution in [3.63, 3.8) is 0 Å². The molecule has 124 valence electrons. The number of amides is 4. The SMILES string of the molecule is CC(C1CC1)n1cc(NC(=O)NCCN2C(=O)CCC2=O)cn1. The van der Waals surface area contributed by atoms with Crippen LogP contribution in [0.15, 0.2) is 12.4 Å². The summed E-state index contributed by atoms with van der Waals surface area (Å²) in [5, 5.41) is 9.61. The molecule has 0 bridgehead atoms. The maximum absolute atomic E-state index is 11.8. The van der Waals surface area contributed by atoms with Crippen LogP contribution in [0.5, 0.6) is 0 Å². The summed E-state index contributed by atoms with van der Waals surface area (Å²) in [7, 11) is 0. The monoisotopic (exact) mass is 319 g/mol. The average molecular weight is 319 g/mol. The van der Waals surface area contributed by atoms with Crippen LogP contribution in [0.4, 0.5) is 10.5 Å². The molecule has 1 aromatic heterocycles. The van der Waals surface area contributed by atoms with E-state index >= 15 is 0 Å². The number of rotatable bonds is 6. The molecule has 1 saturated carbocycles. The molecule has 2 N–H and O–H groups in total. The summed E-state index contributed by atoms with van der Waals surface area (Å²) in [6.45, 7) is 2.57. The zero-order chi connectivity index (χ0) is 16.4. The Morgan fingerprint density at radius 3 is 2.70 bits per heavy atom. The van der Waals surface area contributed by atoms with Gasteiger partial charge in [-0.3, -0.25) is 19.2 Å². The number of carbonyl (C=O) groups excluding carboxylic acids is 3. The van der Waals surface area contributed by atoms with E-state index in [4.69, 9.17) is 0 Å². The van der Waals surface area contributed by atoms with Crippen molar-refractivity contribution in [1.82, 2.24) is 20.0 Å². The van der Waals surface area contributed by atoms with Crippen molar-refractivity contribution in [3.05, 3.63) is 12.4 Å². The maximum Gasteiger partial charge on any atom is 0.319 e. The molecule has 1 saturated heterocycles. The molecule has 8 nitrogen and oxygen atoms in total. The van der Waals surface area contributed by atoms with E-state index in [9.17, 15) is 14.4 Å². The first kappa shape index (κ1) is 15.5. The van der Waals surface area contributed by atoms with Gasteiger partial charge in [-0.1, -0.05) is 0 Å². The minimum Gasteiger partial charge on any atom is -0.336 e. The highest BCUT2D eigenvalue weighted by molar-refractivity contribution is 6.02. The first-order valence-corrected chi connectivity index (χ1v) is 7.97. The van der Waals surface area contributed by atoms with Gasteiger partial charge in [-0.15, -0.1) is 0 Å². The van der Waals surface area contributed by atoms with Gasteiger partial charge >= 0.3 is 6.03 Å². The summed E-state index contributed by atoms with van der Waals surface area (Å²) >= 11 is 0. The summed E-state index contributed by atoms with van der Waals surface area (Å²) in [5.74, 6) is 0.340. The van der Waals surface area contributed by atoms with Gasteiger partial charge in [0.05, 0.1) is 17.9 Å². The molecular weight excluding hydrogens is 298 g/mol. The average Bonchev–Trinajstić information content (AvgIpc) is 3.20. The Balaban J connectivity index is 1.42. The van der Waals surface area contributed by atoms with Crippen LogP contribution in [0.3, 0.4) is 0 Å². The third-order valence-corrected chi connectivity index (χ3v) is 4.36. The Kier molecular flexibility index (Phi) is 4.31. The summed E-state index contributed by atoms with van der Waals surface area (Å²) < 4.78 is 1.87. The van der Waals surface area contributed by atoms with Crippen molar-refractivity contribution in [2.75, 3.05) is 18.4 Å². The van der Waals surface area contributed by atoms with Crippen molar-refractivity contribution in [1.29, 1.82) is 0 Å². The molecule has 3 rings (SSSR count). The van der Waals surface area contributed by atoms with E-state index in [1.165, 1.54) is 17.7 Å². The van der Waals surface area contributed by atoms with Crippen molar-refractivity contribution >= 4 is 23.5 Å². The lowest BCUT2D eigenvalue weighted by atomic mass is 10.2. The van der Waals surface area contributed by atoms with Gasteiger partial charge in [0.1, 0.15) is 0 Å². The van der Waals surface area contributed by atoms with Gasteiger partial charge in [0.25, 0.3) is 0 Å². The fourth-order valence-electron chi connectivity index (χ4n) is 2.75. The van der Waals surface area contributed by atoms with Gasteiger partial charge in [0.15, 0.2) is 0 Å². The van der Waals surface area contributed by atoms with E-state index in [1.807, 2.05) is 10.9 Å². The lowest BCUT2D eigenvalue weighted by Crippen LogP contribution is -2.39. The number of likely N-dealkylation sites (tertiary alicyclic amines) is 1. The van der Waals surface area contributed by atoms with Crippen LogP contribution >= 0.6 is 0 Å². The summed E-state index contributed by atoms with van der Waals surface area (Å²) in [6, 6.07) is -0.0245. The molecule has 23 heavy (non-hydrogen) atoms. The van der Waals surface area contributed by atoms with E-state index in [0.717, 1.165) is 0 Å². The van der Waals surface area contributed by atoms with Gasteiger partial charge in [-0.2, -0.15) is 5.10 Å². The minimum absolute atomic E-state index is 0.174. The van der Waals surface area contributed by atoms with Gasteiger partial charge < -0.3 is 10.6 Å². The van der Waals surface area contributed by atoms with Crippen molar-refractivity contribution in [2.45, 2.75) is 38.6 Å². The second-order valence-electron chi connectivity index (χ2n) is 6.11. The maximum atomic E-state index is 11.8. The van der Waals surface area contributed by atoms with Crippen LogP contribution in [0.2, 0.25) is 0 Å². The molecule has 1 unspecified atom stereocenters. The van der Waals surface area contributed by atoms with Crippen LogP contribution in [-0.2, 0) is 9.59 Å². The molecule has 2 heterocycles. The van der Waals surface area contributed by atoms with Crippen molar-refractivity contribution < 1.29 is 14.4 Å². The number of nitrogens with zero attached hydrogens (tertiary/aromatic N) is 3. The Morgan fingerprint density at radius 1 is 1.35 bits per heavy atom. The number of nitrogens with one attached hydrogen (secondary N) is 2. The van der Waals surface area contributed by atoms with Gasteiger partial charge in [-0.05, 0) is 25.7 Å². The summed E-state index contributed by atoms with van der Waals surface area (Å²) in [4.78, 5) is 35.9. The Morgan fingerprint density at radius 2 is 2.04 bits per heavy atom. The predicted octanol–water partition coefficient (Wildman–Crippen LogP) is 1.12. The van der Waals surface area contributed by atoms with E-state index in [2.05, 4.69) is 22.7 Å². The summed E-state index contributed by atoms with van der Waals surface area (Å²) in [6.07, 6.45) is 6.44. The van der Waals surface area contributed by atoms with Crippen LogP contribution < -0.4 is 10.6 Å². The summed E-state index contributed by atoms with van der Waals surface area (Å²) in [5.41, 5.74) is 0.628. The van der Waals surface area contributed by atoms with Gasteiger partial charge in [0.2, 0.25) is 11.8 Å². The highest BCUT2D eigenvalue weighted by Gasteiger charge is 2.30. The second-order valence-corrected chi connectivity index (χ2v) is 6.11. The minimum atomic E-state index is -0.372. The molecule has 2 fully saturated rings. The second kappa shape index (κ2) is 6.39. The van der Waals surface area contributed by atoms with Gasteiger partial charge in [0, 0.05) is 32.1 Å². The van der Waals surface area contributed by atoms with Crippen LogP contribution in [0.1, 0.15) is 38.6 Å². The zero-order valence-electron chi connectivity index (χ0n) is 13.1. The molecule has 1 aliphatic carbocycles. The van der Waals surface area contributed by atoms with Crippen molar-refractivity contribution in [3.8, 4) is 0 Å². The standard InChI is InChI=1S/C15H21N5O3/c1-10(11-2-3-11)20-9-12(8-17-20)18-15(23)16-6-7-19-13(21)4-5-14(19)22/h8-11H,2-7H2,1H3,(H2,16,18,23). The molecule has 0 spiro atoms. The third-order valence-electron chi connectivity index (χ3n) is 4.36. The number of imide groups is 1. The smallest absolute Gasteiger partial charge is 0.319 e. The van der Waals surface area contributed by atoms with Crippen molar-refractivity contribution in [2.24, 2.45) is 5.92 Å². The molecule has 0 aromatic carbocycles. The Labute approximate surface area is 134 Å². The molecule has 8 heteroatoms. The number of aromatic nitrogens is 2. The van der Waals surface area contributed by atoms with E-state index in [1.54, 1.807) is 6.20 Å². The lowest BCUT2D eigenvalue weighted by Gasteiger charge is -2.14. The van der Waals surface area contributed by atoms with Crippen LogP contribution in [0, 0.1) is 5.92 Å². The van der Waals surface area contributed by atoms with Gasteiger partial charge in [-0.25, -0.2) is 4.79 Å². The molecule has 1 atom stereocenters. The largest absolute Gasteiger partial charge is 0.336 e. The third kappa shape index (κ3) is 3.69. The quantitative estimate of drug-likeness (QED) is 0.768. The van der Waals surface area contributed by atoms with E-state index in [-0.39, 0.29) is 43.8 Å². The van der Waals surface area contributed by atoms with E-state index < -0.39 is 0 Å². The van der Waals surface area contributed by atoms with Crippen LogP contribution in [-0.4, -0.2) is 45.6 Å². The fraction of sp³-hybridized carbons (Fsp3) is 0.600. The molecule has 1 aliphatic heterocycles. The number of hydrogen-bond acceptors (Lipinski definition) is 4. The Bertz CT molecular complexity index is 606. The first-order chi connectivity index (χ1) is 11.0. The first-order valence-electron chi connectivity index (χ1n) is 7.97. The topological polar surface area (TPSA) is 96.3 Å².